The van der Waals surface area contributed by atoms with E-state index in [1.165, 1.54) is 0 Å². The first kappa shape index (κ1) is 10.4. The number of hydrogen-bond donors (Lipinski definition) is 0. The van der Waals surface area contributed by atoms with Crippen molar-refractivity contribution in [2.75, 3.05) is 0 Å². The Labute approximate surface area is 96.6 Å². The van der Waals surface area contributed by atoms with Crippen molar-refractivity contribution < 1.29 is 0 Å². The Morgan fingerprint density at radius 3 is 2.93 bits per heavy atom. The van der Waals surface area contributed by atoms with Crippen LogP contribution in [0.3, 0.4) is 0 Å². The van der Waals surface area contributed by atoms with E-state index in [0.29, 0.717) is 22.9 Å². The van der Waals surface area contributed by atoms with Gasteiger partial charge in [0.25, 0.3) is 0 Å². The van der Waals surface area contributed by atoms with E-state index in [2.05, 4.69) is 15.0 Å². The van der Waals surface area contributed by atoms with Gasteiger partial charge in [-0.1, -0.05) is 23.8 Å². The molecule has 0 fully saturated rings. The minimum absolute atomic E-state index is 0.115. The molecule has 6 heteroatoms. The van der Waals surface area contributed by atoms with Crippen LogP contribution in [-0.4, -0.2) is 19.5 Å². The predicted octanol–water partition coefficient (Wildman–Crippen LogP) is 2.71. The summed E-state index contributed by atoms with van der Waals surface area (Å²) in [4.78, 5) is 12.0. The van der Waals surface area contributed by atoms with Crippen molar-refractivity contribution in [3.05, 3.63) is 28.9 Å². The van der Waals surface area contributed by atoms with Gasteiger partial charge in [-0.3, -0.25) is 0 Å². The van der Waals surface area contributed by atoms with Crippen LogP contribution in [0.2, 0.25) is 10.4 Å². The van der Waals surface area contributed by atoms with E-state index in [1.54, 1.807) is 6.33 Å². The van der Waals surface area contributed by atoms with Gasteiger partial charge in [-0.15, -0.1) is 0 Å². The fourth-order valence-corrected chi connectivity index (χ4v) is 1.75. The molecule has 0 spiro atoms. The van der Waals surface area contributed by atoms with Crippen LogP contribution in [0.15, 0.2) is 18.5 Å². The van der Waals surface area contributed by atoms with E-state index in [-0.39, 0.29) is 5.28 Å². The second-order valence-electron chi connectivity index (χ2n) is 2.92. The lowest BCUT2D eigenvalue weighted by Crippen LogP contribution is -1.95. The van der Waals surface area contributed by atoms with Gasteiger partial charge in [0.15, 0.2) is 10.8 Å². The zero-order valence-electron chi connectivity index (χ0n) is 7.98. The SMILES string of the molecule is CC=CCn1cnc2nc(Cl)nc(Cl)c21. The van der Waals surface area contributed by atoms with E-state index in [1.807, 2.05) is 23.6 Å². The smallest absolute Gasteiger partial charge is 0.225 e. The quantitative estimate of drug-likeness (QED) is 0.462. The molecule has 0 amide bonds. The lowest BCUT2D eigenvalue weighted by molar-refractivity contribution is 0.846. The van der Waals surface area contributed by atoms with Gasteiger partial charge in [0.2, 0.25) is 5.28 Å². The highest BCUT2D eigenvalue weighted by atomic mass is 35.5. The minimum Gasteiger partial charge on any atom is -0.323 e. The van der Waals surface area contributed by atoms with Crippen molar-refractivity contribution in [1.82, 2.24) is 19.5 Å². The van der Waals surface area contributed by atoms with Crippen molar-refractivity contribution in [2.24, 2.45) is 0 Å². The lowest BCUT2D eigenvalue weighted by atomic mass is 10.5. The van der Waals surface area contributed by atoms with Crippen molar-refractivity contribution in [2.45, 2.75) is 13.5 Å². The number of nitrogens with zero attached hydrogens (tertiary/aromatic N) is 4. The van der Waals surface area contributed by atoms with E-state index in [4.69, 9.17) is 23.2 Å². The molecule has 0 aliphatic rings. The second-order valence-corrected chi connectivity index (χ2v) is 3.62. The number of halogens is 2. The van der Waals surface area contributed by atoms with Gasteiger partial charge < -0.3 is 4.57 Å². The van der Waals surface area contributed by atoms with Crippen LogP contribution in [0.4, 0.5) is 0 Å². The van der Waals surface area contributed by atoms with Gasteiger partial charge in [-0.25, -0.2) is 9.97 Å². The highest BCUT2D eigenvalue weighted by molar-refractivity contribution is 6.35. The second kappa shape index (κ2) is 4.16. The average Bonchev–Trinajstić information content (AvgIpc) is 2.58. The monoisotopic (exact) mass is 242 g/mol. The molecule has 78 valence electrons. The Kier molecular flexibility index (Phi) is 2.88. The third-order valence-electron chi connectivity index (χ3n) is 1.94. The van der Waals surface area contributed by atoms with Crippen LogP contribution in [0.5, 0.6) is 0 Å². The summed E-state index contributed by atoms with van der Waals surface area (Å²) in [5.41, 5.74) is 1.23. The van der Waals surface area contributed by atoms with Crippen LogP contribution in [-0.2, 0) is 6.54 Å². The van der Waals surface area contributed by atoms with Crippen LogP contribution < -0.4 is 0 Å². The molecule has 0 radical (unpaired) electrons. The van der Waals surface area contributed by atoms with Gasteiger partial charge in [0, 0.05) is 6.54 Å². The van der Waals surface area contributed by atoms with Crippen molar-refractivity contribution in [1.29, 1.82) is 0 Å². The van der Waals surface area contributed by atoms with Gasteiger partial charge in [-0.05, 0) is 18.5 Å². The molecule has 0 N–H and O–H groups in total. The van der Waals surface area contributed by atoms with Gasteiger partial charge in [-0.2, -0.15) is 4.98 Å². The zero-order valence-corrected chi connectivity index (χ0v) is 9.50. The number of aromatic nitrogens is 4. The molecule has 0 aliphatic heterocycles. The molecule has 0 saturated heterocycles. The summed E-state index contributed by atoms with van der Waals surface area (Å²) in [6.45, 7) is 2.64. The van der Waals surface area contributed by atoms with Crippen molar-refractivity contribution in [3.63, 3.8) is 0 Å². The number of hydrogen-bond acceptors (Lipinski definition) is 3. The highest BCUT2D eigenvalue weighted by Crippen LogP contribution is 2.21. The van der Waals surface area contributed by atoms with Crippen molar-refractivity contribution >= 4 is 34.4 Å². The maximum Gasteiger partial charge on any atom is 0.225 e. The highest BCUT2D eigenvalue weighted by Gasteiger charge is 2.10. The van der Waals surface area contributed by atoms with E-state index < -0.39 is 0 Å². The third kappa shape index (κ3) is 1.96. The molecule has 4 nitrogen and oxygen atoms in total. The third-order valence-corrected chi connectivity index (χ3v) is 2.37. The Morgan fingerprint density at radius 2 is 2.20 bits per heavy atom. The number of fused-ring (bicyclic) bond motifs is 1. The Bertz CT molecular complexity index is 518. The maximum atomic E-state index is 5.97. The molecule has 0 unspecified atom stereocenters. The van der Waals surface area contributed by atoms with Crippen molar-refractivity contribution in [3.8, 4) is 0 Å². The molecule has 15 heavy (non-hydrogen) atoms. The molecule has 0 bridgehead atoms. The Balaban J connectivity index is 2.58. The molecule has 0 saturated carbocycles. The normalized spacial score (nSPS) is 11.7. The van der Waals surface area contributed by atoms with Gasteiger partial charge >= 0.3 is 0 Å². The fraction of sp³-hybridized carbons (Fsp3) is 0.222. The van der Waals surface area contributed by atoms with Crippen LogP contribution >= 0.6 is 23.2 Å². The molecule has 0 aliphatic carbocycles. The largest absolute Gasteiger partial charge is 0.323 e. The summed E-state index contributed by atoms with van der Waals surface area (Å²) in [5.74, 6) is 0. The Hall–Kier alpha value is -1.13. The first-order chi connectivity index (χ1) is 7.22. The summed E-state index contributed by atoms with van der Waals surface area (Å²) in [7, 11) is 0. The van der Waals surface area contributed by atoms with Crippen LogP contribution in [0.1, 0.15) is 6.92 Å². The summed E-state index contributed by atoms with van der Waals surface area (Å²) < 4.78 is 1.87. The molecule has 2 rings (SSSR count). The predicted molar refractivity (Wildman–Crippen MR) is 60.2 cm³/mol. The summed E-state index contributed by atoms with van der Waals surface area (Å²) >= 11 is 11.6. The topological polar surface area (TPSA) is 43.6 Å². The Morgan fingerprint density at radius 1 is 1.40 bits per heavy atom. The standard InChI is InChI=1S/C9H8Cl2N4/c1-2-3-4-15-5-12-8-6(15)7(10)13-9(11)14-8/h2-3,5H,4H2,1H3. The average molecular weight is 243 g/mol. The molecule has 2 heterocycles. The molecular weight excluding hydrogens is 235 g/mol. The van der Waals surface area contributed by atoms with Crippen LogP contribution in [0, 0.1) is 0 Å². The number of allylic oxidation sites excluding steroid dienone is 2. The van der Waals surface area contributed by atoms with Gasteiger partial charge in [0.05, 0.1) is 6.33 Å². The summed E-state index contributed by atoms with van der Waals surface area (Å²) in [6, 6.07) is 0. The summed E-state index contributed by atoms with van der Waals surface area (Å²) in [5, 5.41) is 0.441. The minimum atomic E-state index is 0.115. The maximum absolute atomic E-state index is 5.97. The number of rotatable bonds is 2. The lowest BCUT2D eigenvalue weighted by Gasteiger charge is -2.00. The molecular formula is C9H8Cl2N4. The molecule has 0 atom stereocenters. The first-order valence-electron chi connectivity index (χ1n) is 4.37. The van der Waals surface area contributed by atoms with Gasteiger partial charge in [0.1, 0.15) is 5.52 Å². The fourth-order valence-electron chi connectivity index (χ4n) is 1.27. The van der Waals surface area contributed by atoms with Crippen LogP contribution in [0.25, 0.3) is 11.2 Å². The zero-order chi connectivity index (χ0) is 10.8. The molecule has 2 aromatic heterocycles. The van der Waals surface area contributed by atoms with E-state index in [9.17, 15) is 0 Å². The van der Waals surface area contributed by atoms with E-state index >= 15 is 0 Å². The molecule has 2 aromatic rings. The first-order valence-corrected chi connectivity index (χ1v) is 5.13. The summed E-state index contributed by atoms with van der Waals surface area (Å²) in [6.07, 6.45) is 5.62. The number of imidazole rings is 1. The molecule has 0 aromatic carbocycles. The van der Waals surface area contributed by atoms with E-state index in [0.717, 1.165) is 0 Å².